The van der Waals surface area contributed by atoms with Gasteiger partial charge in [-0.15, -0.1) is 0 Å². The van der Waals surface area contributed by atoms with Crippen LogP contribution < -0.4 is 10.2 Å². The summed E-state index contributed by atoms with van der Waals surface area (Å²) >= 11 is 1.67. The summed E-state index contributed by atoms with van der Waals surface area (Å²) in [6.45, 7) is 5.07. The Balaban J connectivity index is 1.23. The third-order valence-corrected chi connectivity index (χ3v) is 6.21. The first kappa shape index (κ1) is 18.3. The van der Waals surface area contributed by atoms with Gasteiger partial charge in [0.25, 0.3) is 5.91 Å². The number of carbonyl (C=O) groups excluding carboxylic acids is 1. The Morgan fingerprint density at radius 1 is 1.00 bits per heavy atom. The number of aliphatic imine (C=N–C) groups is 1. The van der Waals surface area contributed by atoms with E-state index in [1.54, 1.807) is 11.8 Å². The van der Waals surface area contributed by atoms with Crippen LogP contribution in [0.4, 0.5) is 11.4 Å². The maximum atomic E-state index is 12.6. The van der Waals surface area contributed by atoms with Gasteiger partial charge in [-0.2, -0.15) is 0 Å². The van der Waals surface area contributed by atoms with E-state index in [1.807, 2.05) is 48.5 Å². The lowest BCUT2D eigenvalue weighted by Gasteiger charge is -2.28. The molecule has 2 aromatic carbocycles. The maximum Gasteiger partial charge on any atom is 0.255 e. The van der Waals surface area contributed by atoms with Crippen LogP contribution in [0.25, 0.3) is 5.70 Å². The molecule has 5 rings (SSSR count). The van der Waals surface area contributed by atoms with Crippen molar-refractivity contribution in [2.45, 2.75) is 0 Å². The van der Waals surface area contributed by atoms with E-state index in [2.05, 4.69) is 25.5 Å². The van der Waals surface area contributed by atoms with Gasteiger partial charge >= 0.3 is 0 Å². The van der Waals surface area contributed by atoms with Crippen LogP contribution in [-0.2, 0) is 4.74 Å². The monoisotopic (exact) mass is 406 g/mol. The largest absolute Gasteiger partial charge is 0.378 e. The van der Waals surface area contributed by atoms with Crippen LogP contribution in [0.3, 0.4) is 0 Å². The highest BCUT2D eigenvalue weighted by Crippen LogP contribution is 2.35. The number of anilines is 2. The maximum absolute atomic E-state index is 12.6. The van der Waals surface area contributed by atoms with E-state index in [9.17, 15) is 4.79 Å². The minimum atomic E-state index is -0.101. The summed E-state index contributed by atoms with van der Waals surface area (Å²) in [6.07, 6.45) is 0. The number of benzene rings is 2. The molecule has 0 unspecified atom stereocenters. The first-order chi connectivity index (χ1) is 14.3. The first-order valence-corrected chi connectivity index (χ1v) is 10.7. The third kappa shape index (κ3) is 3.75. The molecule has 0 saturated carbocycles. The number of amidine groups is 1. The van der Waals surface area contributed by atoms with E-state index in [1.165, 1.54) is 5.70 Å². The zero-order valence-corrected chi connectivity index (χ0v) is 16.8. The van der Waals surface area contributed by atoms with Crippen molar-refractivity contribution in [1.29, 1.82) is 0 Å². The van der Waals surface area contributed by atoms with E-state index in [0.717, 1.165) is 61.5 Å². The van der Waals surface area contributed by atoms with Gasteiger partial charge in [0.05, 0.1) is 25.5 Å². The van der Waals surface area contributed by atoms with Crippen molar-refractivity contribution >= 4 is 39.9 Å². The van der Waals surface area contributed by atoms with Gasteiger partial charge in [-0.3, -0.25) is 9.79 Å². The van der Waals surface area contributed by atoms with E-state index >= 15 is 0 Å². The summed E-state index contributed by atoms with van der Waals surface area (Å²) in [5.41, 5.74) is 4.89. The van der Waals surface area contributed by atoms with Crippen LogP contribution in [-0.4, -0.2) is 55.4 Å². The molecule has 3 heterocycles. The van der Waals surface area contributed by atoms with Gasteiger partial charge in [0.1, 0.15) is 0 Å². The Morgan fingerprint density at radius 2 is 1.76 bits per heavy atom. The van der Waals surface area contributed by atoms with Gasteiger partial charge in [-0.05, 0) is 42.0 Å². The molecule has 0 aliphatic carbocycles. The lowest BCUT2D eigenvalue weighted by molar-refractivity contribution is 0.102. The molecule has 1 amide bonds. The van der Waals surface area contributed by atoms with Crippen LogP contribution >= 0.6 is 11.8 Å². The molecule has 0 radical (unpaired) electrons. The fraction of sp³-hybridized carbons (Fsp3) is 0.273. The summed E-state index contributed by atoms with van der Waals surface area (Å²) in [5, 5.41) is 6.21. The first-order valence-electron chi connectivity index (χ1n) is 9.81. The number of rotatable bonds is 4. The van der Waals surface area contributed by atoms with Crippen LogP contribution in [0, 0.1) is 0 Å². The highest BCUT2D eigenvalue weighted by Gasteiger charge is 2.26. The molecule has 0 atom stereocenters. The molecule has 148 valence electrons. The van der Waals surface area contributed by atoms with Crippen LogP contribution in [0.1, 0.15) is 15.9 Å². The quantitative estimate of drug-likeness (QED) is 0.842. The molecular formula is C22H22N4O2S. The molecule has 7 heteroatoms. The van der Waals surface area contributed by atoms with Gasteiger partial charge in [0.2, 0.25) is 0 Å². The molecule has 0 bridgehead atoms. The fourth-order valence-corrected chi connectivity index (χ4v) is 4.68. The highest BCUT2D eigenvalue weighted by molar-refractivity contribution is 8.16. The zero-order chi connectivity index (χ0) is 19.6. The Bertz CT molecular complexity index is 963. The number of thioether (sulfide) groups is 1. The van der Waals surface area contributed by atoms with E-state index in [0.29, 0.717) is 5.56 Å². The average Bonchev–Trinajstić information content (AvgIpc) is 3.39. The average molecular weight is 407 g/mol. The number of nitrogens with one attached hydrogen (secondary N) is 1. The summed E-state index contributed by atoms with van der Waals surface area (Å²) in [5.74, 6) is -0.101. The molecule has 6 nitrogen and oxygen atoms in total. The Hall–Kier alpha value is -2.77. The number of fused-ring (bicyclic) bond motifs is 1. The predicted octanol–water partition coefficient (Wildman–Crippen LogP) is 3.49. The van der Waals surface area contributed by atoms with Crippen molar-refractivity contribution in [1.82, 2.24) is 4.90 Å². The third-order valence-electron chi connectivity index (χ3n) is 5.31. The number of amides is 1. The lowest BCUT2D eigenvalue weighted by atomic mass is 10.1. The van der Waals surface area contributed by atoms with Gasteiger partial charge in [-0.1, -0.05) is 23.9 Å². The molecular weight excluding hydrogens is 384 g/mol. The van der Waals surface area contributed by atoms with Gasteiger partial charge in [-0.25, -0.2) is 0 Å². The Kier molecular flexibility index (Phi) is 4.99. The second kappa shape index (κ2) is 7.93. The van der Waals surface area contributed by atoms with Gasteiger partial charge < -0.3 is 19.9 Å². The highest BCUT2D eigenvalue weighted by atomic mass is 32.2. The lowest BCUT2D eigenvalue weighted by Crippen LogP contribution is -2.36. The minimum Gasteiger partial charge on any atom is -0.378 e. The minimum absolute atomic E-state index is 0.101. The number of nitrogens with zero attached hydrogens (tertiary/aromatic N) is 3. The standard InChI is InChI=1S/C22H22N4O2S/c27-21(17-3-7-19(8-4-17)25-11-13-28-14-12-25)24-18-5-1-16(2-6-18)20-15-29-22-23-9-10-26(20)22/h1-8,15H,9-14H2,(H,24,27). The number of morpholine rings is 1. The van der Waals surface area contributed by atoms with Crippen LogP contribution in [0.15, 0.2) is 58.9 Å². The van der Waals surface area contributed by atoms with Crippen molar-refractivity contribution < 1.29 is 9.53 Å². The molecule has 3 aliphatic heterocycles. The smallest absolute Gasteiger partial charge is 0.255 e. The summed E-state index contributed by atoms with van der Waals surface area (Å²) in [6, 6.07) is 15.8. The van der Waals surface area contributed by atoms with Crippen LogP contribution in [0.5, 0.6) is 0 Å². The fourth-order valence-electron chi connectivity index (χ4n) is 3.72. The van der Waals surface area contributed by atoms with Crippen molar-refractivity contribution in [3.63, 3.8) is 0 Å². The van der Waals surface area contributed by atoms with Crippen LogP contribution in [0.2, 0.25) is 0 Å². The van der Waals surface area contributed by atoms with Crippen molar-refractivity contribution in [3.05, 3.63) is 65.1 Å². The molecule has 1 fully saturated rings. The number of carbonyl (C=O) groups is 1. The van der Waals surface area contributed by atoms with E-state index in [-0.39, 0.29) is 5.91 Å². The second-order valence-electron chi connectivity index (χ2n) is 7.11. The normalized spacial score (nSPS) is 18.3. The second-order valence-corrected chi connectivity index (χ2v) is 7.95. The Labute approximate surface area is 174 Å². The predicted molar refractivity (Wildman–Crippen MR) is 118 cm³/mol. The summed E-state index contributed by atoms with van der Waals surface area (Å²) in [4.78, 5) is 21.6. The van der Waals surface area contributed by atoms with Crippen molar-refractivity contribution in [3.8, 4) is 0 Å². The SMILES string of the molecule is O=C(Nc1ccc(C2=CSC3=NCCN23)cc1)c1ccc(N2CCOCC2)cc1. The molecule has 1 saturated heterocycles. The summed E-state index contributed by atoms with van der Waals surface area (Å²) in [7, 11) is 0. The van der Waals surface area contributed by atoms with Gasteiger partial charge in [0.15, 0.2) is 5.17 Å². The number of ether oxygens (including phenoxy) is 1. The van der Waals surface area contributed by atoms with Crippen molar-refractivity contribution in [2.24, 2.45) is 4.99 Å². The molecule has 3 aliphatic rings. The molecule has 2 aromatic rings. The zero-order valence-electron chi connectivity index (χ0n) is 16.0. The number of hydrogen-bond acceptors (Lipinski definition) is 6. The molecule has 29 heavy (non-hydrogen) atoms. The molecule has 1 N–H and O–H groups in total. The van der Waals surface area contributed by atoms with E-state index in [4.69, 9.17) is 4.74 Å². The number of hydrogen-bond donors (Lipinski definition) is 1. The summed E-state index contributed by atoms with van der Waals surface area (Å²) < 4.78 is 5.39. The topological polar surface area (TPSA) is 57.2 Å². The van der Waals surface area contributed by atoms with E-state index < -0.39 is 0 Å². The Morgan fingerprint density at radius 3 is 2.52 bits per heavy atom. The molecule has 0 aromatic heterocycles. The van der Waals surface area contributed by atoms with Gasteiger partial charge in [0, 0.05) is 42.0 Å². The van der Waals surface area contributed by atoms with Crippen molar-refractivity contribution in [2.75, 3.05) is 49.6 Å². The molecule has 0 spiro atoms.